The van der Waals surface area contributed by atoms with Crippen molar-refractivity contribution < 1.29 is 23.7 Å². The quantitative estimate of drug-likeness (QED) is 0.153. The number of carbonyl (C=O) groups excluding carboxylic acids is 1. The summed E-state index contributed by atoms with van der Waals surface area (Å²) >= 11 is 20.8. The fraction of sp³-hybridized carbons (Fsp3) is 0.242. The minimum Gasteiger partial charge on any atom is -0.493 e. The van der Waals surface area contributed by atoms with E-state index >= 15 is 0 Å². The van der Waals surface area contributed by atoms with E-state index < -0.39 is 12.0 Å². The Morgan fingerprint density at radius 3 is 2.41 bits per heavy atom. The number of fused-ring (bicyclic) bond motifs is 1. The van der Waals surface area contributed by atoms with Crippen LogP contribution >= 0.6 is 66.4 Å². The van der Waals surface area contributed by atoms with Crippen LogP contribution in [-0.2, 0) is 16.1 Å². The van der Waals surface area contributed by atoms with Gasteiger partial charge in [0.1, 0.15) is 12.4 Å². The monoisotopic (exact) mass is 808 g/mol. The first-order chi connectivity index (χ1) is 22.1. The highest BCUT2D eigenvalue weighted by Gasteiger charge is 2.34. The molecule has 2 heterocycles. The lowest BCUT2D eigenvalue weighted by atomic mass is 9.95. The molecule has 5 rings (SSSR count). The summed E-state index contributed by atoms with van der Waals surface area (Å²) in [6.45, 7) is 6.16. The molecule has 0 radical (unpaired) electrons. The lowest BCUT2D eigenvalue weighted by Gasteiger charge is -2.25. The first kappa shape index (κ1) is 34.3. The fourth-order valence-electron chi connectivity index (χ4n) is 4.98. The van der Waals surface area contributed by atoms with Crippen molar-refractivity contribution >= 4 is 78.4 Å². The number of allylic oxidation sites excluding steroid dienone is 1. The highest BCUT2D eigenvalue weighted by atomic mass is 79.9. The molecule has 240 valence electrons. The third-order valence-corrected chi connectivity index (χ3v) is 9.77. The highest BCUT2D eigenvalue weighted by Crippen LogP contribution is 2.38. The molecule has 0 N–H and O–H groups in total. The van der Waals surface area contributed by atoms with E-state index in [-0.39, 0.29) is 24.3 Å². The van der Waals surface area contributed by atoms with Crippen molar-refractivity contribution in [2.45, 2.75) is 33.4 Å². The molecule has 1 atom stereocenters. The Morgan fingerprint density at radius 2 is 1.76 bits per heavy atom. The van der Waals surface area contributed by atoms with Crippen molar-refractivity contribution in [2.75, 3.05) is 20.3 Å². The Hall–Kier alpha value is -3.09. The van der Waals surface area contributed by atoms with Gasteiger partial charge >= 0.3 is 5.97 Å². The topological polar surface area (TPSA) is 88.4 Å². The standard InChI is InChI=1S/C33H28Br2Cl2N2O6S/c1-5-43-26-14-19(8-10-25(26)42-4)29-28(32(41)44-6-2)17(3)38-33-39(29)31(40)27(46-33)13-18-11-22(34)30(23(35)12-18)45-16-20-7-9-21(36)15-24(20)37/h7-15,29H,5-6,16H2,1-4H3/b27-13-/t29-/m0/s1. The van der Waals surface area contributed by atoms with Gasteiger partial charge in [0.05, 0.1) is 51.1 Å². The minimum atomic E-state index is -0.795. The van der Waals surface area contributed by atoms with Gasteiger partial charge in [-0.15, -0.1) is 0 Å². The summed E-state index contributed by atoms with van der Waals surface area (Å²) in [6.07, 6.45) is 1.78. The summed E-state index contributed by atoms with van der Waals surface area (Å²) in [4.78, 5) is 32.5. The van der Waals surface area contributed by atoms with E-state index in [4.69, 9.17) is 42.1 Å². The van der Waals surface area contributed by atoms with Crippen LogP contribution in [0.15, 0.2) is 78.5 Å². The molecule has 1 aromatic heterocycles. The second-order valence-electron chi connectivity index (χ2n) is 9.98. The number of rotatable bonds is 10. The van der Waals surface area contributed by atoms with Crippen LogP contribution in [0.25, 0.3) is 6.08 Å². The average Bonchev–Trinajstić information content (AvgIpc) is 3.30. The number of hydrogen-bond donors (Lipinski definition) is 0. The van der Waals surface area contributed by atoms with Crippen molar-refractivity contribution in [2.24, 2.45) is 4.99 Å². The molecule has 0 unspecified atom stereocenters. The number of ether oxygens (including phenoxy) is 4. The third kappa shape index (κ3) is 7.08. The number of methoxy groups -OCH3 is 1. The summed E-state index contributed by atoms with van der Waals surface area (Å²) in [5.74, 6) is 1.07. The number of carbonyl (C=O) groups is 1. The molecule has 0 saturated heterocycles. The van der Waals surface area contributed by atoms with Crippen molar-refractivity contribution in [3.05, 3.63) is 115 Å². The first-order valence-corrected chi connectivity index (χ1v) is 17.3. The second-order valence-corrected chi connectivity index (χ2v) is 13.5. The normalized spacial score (nSPS) is 14.5. The van der Waals surface area contributed by atoms with Gasteiger partial charge in [-0.1, -0.05) is 46.7 Å². The molecule has 0 saturated carbocycles. The Bertz CT molecular complexity index is 2020. The molecule has 0 aliphatic carbocycles. The summed E-state index contributed by atoms with van der Waals surface area (Å²) in [7, 11) is 1.55. The zero-order valence-electron chi connectivity index (χ0n) is 25.2. The van der Waals surface area contributed by atoms with E-state index in [2.05, 4.69) is 36.9 Å². The SMILES string of the molecule is CCOC(=O)C1=C(C)N=c2s/c(=C\c3cc(Br)c(OCc4ccc(Cl)cc4Cl)c(Br)c3)c(=O)n2[C@H]1c1ccc(OC)c(OCC)c1. The van der Waals surface area contributed by atoms with Gasteiger partial charge in [-0.25, -0.2) is 9.79 Å². The van der Waals surface area contributed by atoms with Crippen LogP contribution in [-0.4, -0.2) is 30.9 Å². The molecule has 0 amide bonds. The minimum absolute atomic E-state index is 0.176. The molecular formula is C33H28Br2Cl2N2O6S. The maximum absolute atomic E-state index is 14.1. The molecule has 13 heteroatoms. The molecular weight excluding hydrogens is 783 g/mol. The van der Waals surface area contributed by atoms with Gasteiger partial charge in [0, 0.05) is 15.6 Å². The smallest absolute Gasteiger partial charge is 0.338 e. The molecule has 3 aromatic carbocycles. The largest absolute Gasteiger partial charge is 0.493 e. The van der Waals surface area contributed by atoms with Crippen LogP contribution in [0.5, 0.6) is 17.2 Å². The van der Waals surface area contributed by atoms with Gasteiger partial charge in [0.25, 0.3) is 5.56 Å². The molecule has 1 aliphatic rings. The molecule has 0 fully saturated rings. The Morgan fingerprint density at radius 1 is 1.02 bits per heavy atom. The van der Waals surface area contributed by atoms with E-state index in [0.717, 1.165) is 11.1 Å². The number of halogens is 4. The molecule has 4 aromatic rings. The number of thiazole rings is 1. The maximum atomic E-state index is 14.1. The van der Waals surface area contributed by atoms with E-state index in [1.165, 1.54) is 15.9 Å². The summed E-state index contributed by atoms with van der Waals surface area (Å²) in [6, 6.07) is 13.5. The number of hydrogen-bond acceptors (Lipinski definition) is 8. The van der Waals surface area contributed by atoms with Crippen molar-refractivity contribution in [3.8, 4) is 17.2 Å². The van der Waals surface area contributed by atoms with Crippen molar-refractivity contribution in [1.29, 1.82) is 0 Å². The van der Waals surface area contributed by atoms with Gasteiger partial charge in [-0.3, -0.25) is 9.36 Å². The zero-order chi connectivity index (χ0) is 33.1. The van der Waals surface area contributed by atoms with Gasteiger partial charge in [0.15, 0.2) is 16.3 Å². The van der Waals surface area contributed by atoms with Crippen LogP contribution in [0.4, 0.5) is 0 Å². The van der Waals surface area contributed by atoms with E-state index in [1.54, 1.807) is 51.3 Å². The summed E-state index contributed by atoms with van der Waals surface area (Å²) < 4.78 is 26.1. The zero-order valence-corrected chi connectivity index (χ0v) is 30.7. The van der Waals surface area contributed by atoms with Crippen LogP contribution in [0, 0.1) is 0 Å². The maximum Gasteiger partial charge on any atom is 0.338 e. The average molecular weight is 811 g/mol. The number of esters is 1. The van der Waals surface area contributed by atoms with E-state index in [9.17, 15) is 9.59 Å². The van der Waals surface area contributed by atoms with Crippen LogP contribution in [0.3, 0.4) is 0 Å². The lowest BCUT2D eigenvalue weighted by molar-refractivity contribution is -0.139. The Labute approximate surface area is 296 Å². The molecule has 8 nitrogen and oxygen atoms in total. The summed E-state index contributed by atoms with van der Waals surface area (Å²) in [5, 5.41) is 1.05. The predicted molar refractivity (Wildman–Crippen MR) is 187 cm³/mol. The second kappa shape index (κ2) is 14.8. The predicted octanol–water partition coefficient (Wildman–Crippen LogP) is 7.62. The number of aromatic nitrogens is 1. The van der Waals surface area contributed by atoms with Gasteiger partial charge < -0.3 is 18.9 Å². The van der Waals surface area contributed by atoms with Crippen molar-refractivity contribution in [1.82, 2.24) is 4.57 Å². The van der Waals surface area contributed by atoms with Gasteiger partial charge in [0.2, 0.25) is 0 Å². The molecule has 46 heavy (non-hydrogen) atoms. The van der Waals surface area contributed by atoms with E-state index in [1.807, 2.05) is 31.2 Å². The van der Waals surface area contributed by atoms with Crippen LogP contribution in [0.2, 0.25) is 10.0 Å². The number of benzene rings is 3. The number of nitrogens with zero attached hydrogens (tertiary/aromatic N) is 2. The van der Waals surface area contributed by atoms with Crippen LogP contribution in [0.1, 0.15) is 43.5 Å². The van der Waals surface area contributed by atoms with Gasteiger partial charge in [-0.05, 0) is 106 Å². The summed E-state index contributed by atoms with van der Waals surface area (Å²) in [5.41, 5.74) is 2.62. The van der Waals surface area contributed by atoms with Gasteiger partial charge in [-0.2, -0.15) is 0 Å². The molecule has 1 aliphatic heterocycles. The Kier molecular flexibility index (Phi) is 11.0. The lowest BCUT2D eigenvalue weighted by Crippen LogP contribution is -2.40. The highest BCUT2D eigenvalue weighted by molar-refractivity contribution is 9.11. The first-order valence-electron chi connectivity index (χ1n) is 14.1. The molecule has 0 bridgehead atoms. The van der Waals surface area contributed by atoms with Crippen LogP contribution < -0.4 is 29.1 Å². The Balaban J connectivity index is 1.57. The van der Waals surface area contributed by atoms with Crippen molar-refractivity contribution in [3.63, 3.8) is 0 Å². The van der Waals surface area contributed by atoms with E-state index in [0.29, 0.717) is 63.4 Å². The molecule has 0 spiro atoms. The third-order valence-electron chi connectivity index (χ3n) is 7.03. The fourth-order valence-corrected chi connectivity index (χ4v) is 7.94.